The fourth-order valence-electron chi connectivity index (χ4n) is 16.6. The van der Waals surface area contributed by atoms with Gasteiger partial charge in [0.1, 0.15) is 53.4 Å². The largest absolute Gasteiger partial charge is 0.460 e. The minimum Gasteiger partial charge on any atom is -0.460 e. The molecule has 8 N–H and O–H groups in total. The monoisotopic (exact) mass is 1770 g/mol. The molecule has 0 radical (unpaired) electrons. The second kappa shape index (κ2) is 53.7. The number of methoxy groups -OCH3 is 4. The summed E-state index contributed by atoms with van der Waals surface area (Å²) in [6, 6.07) is 4.47. The Kier molecular flexibility index (Phi) is 43.3. The Bertz CT molecular complexity index is 4270. The highest BCUT2D eigenvalue weighted by Crippen LogP contribution is 2.40. The molecular formula is C90H139N13O23. The number of aryl methyl sites for hydroxylation is 1. The Balaban J connectivity index is 0.647. The predicted molar refractivity (Wildman–Crippen MR) is 469 cm³/mol. The molecule has 16 atom stereocenters. The number of ether oxygens (including phenoxy) is 14. The van der Waals surface area contributed by atoms with Crippen LogP contribution < -0.4 is 16.8 Å². The van der Waals surface area contributed by atoms with Gasteiger partial charge >= 0.3 is 5.97 Å². The number of Topliss-reactive ketones (excluding diaryl/α,β-unsaturated/α-hetero) is 1. The lowest BCUT2D eigenvalue weighted by molar-refractivity contribution is -0.265. The van der Waals surface area contributed by atoms with Gasteiger partial charge in [-0.3, -0.25) is 14.4 Å². The van der Waals surface area contributed by atoms with Crippen LogP contribution >= 0.6 is 0 Å². The minimum atomic E-state index is -2.44. The summed E-state index contributed by atoms with van der Waals surface area (Å²) >= 11 is 0. The normalized spacial score (nSPS) is 27.5. The number of rotatable bonds is 43. The number of carbonyl (C=O) groups excluding carboxylic acids is 4. The third-order valence-electron chi connectivity index (χ3n) is 23.8. The third kappa shape index (κ3) is 31.3. The third-order valence-corrected chi connectivity index (χ3v) is 23.8. The number of hydrogen-bond donors (Lipinski definition) is 6. The summed E-state index contributed by atoms with van der Waals surface area (Å²) < 4.78 is 91.0. The van der Waals surface area contributed by atoms with E-state index in [-0.39, 0.29) is 86.6 Å². The zero-order valence-corrected chi connectivity index (χ0v) is 75.6. The van der Waals surface area contributed by atoms with Crippen molar-refractivity contribution < 1.29 is 110 Å². The number of oxazole rings is 1. The lowest BCUT2D eigenvalue weighted by Gasteiger charge is -2.43. The molecule has 5 aromatic rings. The van der Waals surface area contributed by atoms with Gasteiger partial charge in [0.05, 0.1) is 160 Å². The Morgan fingerprint density at radius 1 is 0.730 bits per heavy atom. The SMILES string of the molecule is CO[C@H]1C[C@@H]2CC[C@@H](C)[C@@](O)(O2)C(=O)C(=O)N2CCCC[C@H]2C(=O)O[C@H]([C@H](C)C[C@@H]2CC[C@@H](O)[C@H](OC)C2)C[C@@H](OC)[C@H](C)/C=C(/C)[C@@H](O)[C@@H](OC)/C(=N/OCc2cn(CCOCCOCCOCCOCCOCCOCCOCCOCCC(=O)NCCCCn3nc(-c4ccc5oc(N)nc5c4)c4c(N)ncnc43)nn2)[C@H](C)C[C@H](C)\C=C/C=C\C=C/1C. The molecule has 0 unspecified atom stereocenters. The van der Waals surface area contributed by atoms with E-state index < -0.39 is 78.1 Å². The molecule has 2 bridgehead atoms. The summed E-state index contributed by atoms with van der Waals surface area (Å²) in [5.74, 6) is -6.40. The van der Waals surface area contributed by atoms with Crippen molar-refractivity contribution in [1.82, 2.24) is 49.9 Å². The first-order valence-electron chi connectivity index (χ1n) is 44.7. The average molecular weight is 1770 g/mol. The molecule has 3 aliphatic heterocycles. The molecule has 36 heteroatoms. The number of amides is 2. The van der Waals surface area contributed by atoms with Gasteiger partial charge in [-0.05, 0) is 138 Å². The highest BCUT2D eigenvalue weighted by molar-refractivity contribution is 6.39. The van der Waals surface area contributed by atoms with Gasteiger partial charge in [0.25, 0.3) is 17.7 Å². The zero-order valence-electron chi connectivity index (χ0n) is 75.6. The van der Waals surface area contributed by atoms with Crippen LogP contribution in [0.2, 0.25) is 0 Å². The first-order valence-corrected chi connectivity index (χ1v) is 44.7. The van der Waals surface area contributed by atoms with Crippen LogP contribution in [-0.4, -0.2) is 297 Å². The molecular weight excluding hydrogens is 1630 g/mol. The lowest BCUT2D eigenvalue weighted by Crippen LogP contribution is -2.61. The number of oxime groups is 1. The number of esters is 1. The van der Waals surface area contributed by atoms with Crippen LogP contribution in [0.25, 0.3) is 33.4 Å². The fourth-order valence-corrected chi connectivity index (χ4v) is 16.6. The molecule has 2 saturated heterocycles. The average Bonchev–Trinajstić information content (AvgIpc) is 1.72. The molecule has 702 valence electrons. The molecule has 1 saturated carbocycles. The number of allylic oxidation sites excluding steroid dienone is 5. The van der Waals surface area contributed by atoms with Crippen LogP contribution in [-0.2, 0) is 110 Å². The molecule has 9 rings (SSSR count). The van der Waals surface area contributed by atoms with Crippen molar-refractivity contribution in [3.05, 3.63) is 84.0 Å². The van der Waals surface area contributed by atoms with Crippen molar-refractivity contribution >= 4 is 63.2 Å². The van der Waals surface area contributed by atoms with Crippen LogP contribution in [0, 0.1) is 35.5 Å². The number of aliphatic hydroxyl groups excluding tert-OH is 2. The van der Waals surface area contributed by atoms with Crippen molar-refractivity contribution in [2.75, 3.05) is 159 Å². The van der Waals surface area contributed by atoms with Crippen molar-refractivity contribution in [2.24, 2.45) is 40.7 Å². The minimum absolute atomic E-state index is 0.0214. The highest BCUT2D eigenvalue weighted by atomic mass is 16.6. The van der Waals surface area contributed by atoms with Crippen LogP contribution in [0.1, 0.15) is 150 Å². The highest BCUT2D eigenvalue weighted by Gasteiger charge is 2.53. The van der Waals surface area contributed by atoms with Crippen molar-refractivity contribution in [2.45, 2.75) is 225 Å². The number of unbranched alkanes of at least 4 members (excludes halogenated alkanes) is 1. The van der Waals surface area contributed by atoms with Gasteiger partial charge in [0.2, 0.25) is 11.7 Å². The number of nitrogens with zero attached hydrogens (tertiary/aromatic N) is 10. The number of piperidine rings is 1. The molecule has 4 aliphatic rings. The van der Waals surface area contributed by atoms with Gasteiger partial charge in [-0.1, -0.05) is 81.4 Å². The smallest absolute Gasteiger partial charge is 0.329 e. The topological polar surface area (TPSA) is 447 Å². The van der Waals surface area contributed by atoms with E-state index >= 15 is 0 Å². The van der Waals surface area contributed by atoms with Gasteiger partial charge < -0.3 is 113 Å². The van der Waals surface area contributed by atoms with Crippen molar-refractivity contribution in [3.63, 3.8) is 0 Å². The number of cyclic esters (lactones) is 1. The summed E-state index contributed by atoms with van der Waals surface area (Å²) in [7, 11) is 6.32. The molecule has 0 spiro atoms. The van der Waals surface area contributed by atoms with Crippen molar-refractivity contribution in [3.8, 4) is 11.3 Å². The second-order valence-electron chi connectivity index (χ2n) is 33.3. The number of hydrogen-bond acceptors (Lipinski definition) is 32. The van der Waals surface area contributed by atoms with E-state index in [4.69, 9.17) is 97.3 Å². The lowest BCUT2D eigenvalue weighted by atomic mass is 9.78. The number of fused-ring (bicyclic) bond motifs is 5. The van der Waals surface area contributed by atoms with Gasteiger partial charge in [0.15, 0.2) is 17.8 Å². The molecule has 126 heavy (non-hydrogen) atoms. The predicted octanol–water partition coefficient (Wildman–Crippen LogP) is 8.45. The number of nitrogens with one attached hydrogen (secondary N) is 1. The number of nitrogens with two attached hydrogens (primary N) is 2. The van der Waals surface area contributed by atoms with Gasteiger partial charge in [-0.15, -0.1) is 5.10 Å². The first kappa shape index (κ1) is 102. The molecule has 1 aliphatic carbocycles. The van der Waals surface area contributed by atoms with Gasteiger partial charge in [0, 0.05) is 90.7 Å². The number of aromatic nitrogens is 8. The van der Waals surface area contributed by atoms with E-state index in [9.17, 15) is 34.5 Å². The van der Waals surface area contributed by atoms with Gasteiger partial charge in [-0.2, -0.15) is 10.1 Å². The molecule has 7 heterocycles. The number of ketones is 1. The molecule has 3 fully saturated rings. The van der Waals surface area contributed by atoms with E-state index in [1.807, 2.05) is 77.1 Å². The summed E-state index contributed by atoms with van der Waals surface area (Å²) in [6.07, 6.45) is 17.3. The van der Waals surface area contributed by atoms with E-state index in [1.54, 1.807) is 49.9 Å². The number of aliphatic hydroxyl groups is 3. The van der Waals surface area contributed by atoms with E-state index in [0.717, 1.165) is 30.4 Å². The Morgan fingerprint density at radius 2 is 1.40 bits per heavy atom. The fraction of sp³-hybridized carbons (Fsp3) is 0.700. The molecule has 4 aromatic heterocycles. The summed E-state index contributed by atoms with van der Waals surface area (Å²) in [4.78, 5) is 76.6. The first-order chi connectivity index (χ1) is 60.9. The molecule has 2 amide bonds. The quantitative estimate of drug-likeness (QED) is 0.00700. The number of carbonyl (C=O) groups is 4. The maximum atomic E-state index is 14.9. The molecule has 1 aromatic carbocycles. The Morgan fingerprint density at radius 3 is 2.07 bits per heavy atom. The van der Waals surface area contributed by atoms with Crippen molar-refractivity contribution in [1.29, 1.82) is 0 Å². The van der Waals surface area contributed by atoms with Crippen LogP contribution in [0.15, 0.2) is 87.9 Å². The zero-order chi connectivity index (χ0) is 90.3. The number of nitrogen functional groups attached to an aromatic ring is 2. The summed E-state index contributed by atoms with van der Waals surface area (Å²) in [6.45, 7) is 21.4. The second-order valence-corrected chi connectivity index (χ2v) is 33.3. The summed E-state index contributed by atoms with van der Waals surface area (Å²) in [5.41, 5.74) is 17.7. The summed E-state index contributed by atoms with van der Waals surface area (Å²) in [5, 5.41) is 57.1. The standard InChI is InChI=1S/C90H139N13O23/c1-59-19-13-12-14-20-60(2)74(111-8)54-69-25-22-65(7)90(110,126-69)84(107)87(108)102-30-17-15-21-71(102)88(109)124-76(62(4)51-66-23-26-72(104)77(52-66)113-10)55-75(112-9)61(3)50-64(6)82(106)83(114-11)80(63(5)49-59)99-123-57-68-56-101(100-97-68)32-34-116-36-38-118-40-42-120-44-46-122-48-47-121-45-43-119-41-39-117-37-35-115-33-28-78(105)93-29-16-18-31-103-86-79(85(91)94-58-95-86)81(98-103)67-24-27-73-70(53-67)96-89(92)125-73/h12-14,19-20,24,27,50,53,56,58-59,61-63,65-66,69,71-72,74-77,82-83,104,106,110H,15-18,21-23,25-26,28-49,51-52,54-55,57H2,1-11H3,(H2,92,96)(H,93,105)(H2,91,94,95)/b14-12-,19-13-,60-20-,64-50-,99-80+/t59-,61-,62-,63-,65-,66+,69+,71+,72-,74+,75-,76+,77-,82-,83+,90-/m1/s1. The van der Waals surface area contributed by atoms with E-state index in [0.29, 0.717) is 227 Å². The van der Waals surface area contributed by atoms with E-state index in [2.05, 4.69) is 43.6 Å². The maximum Gasteiger partial charge on any atom is 0.329 e. The Labute approximate surface area is 739 Å². The molecule has 36 nitrogen and oxygen atoms in total. The number of anilines is 2. The maximum absolute atomic E-state index is 14.9. The number of benzene rings is 1. The van der Waals surface area contributed by atoms with Gasteiger partial charge in [-0.25, -0.2) is 24.1 Å². The van der Waals surface area contributed by atoms with Crippen LogP contribution in [0.3, 0.4) is 0 Å². The van der Waals surface area contributed by atoms with Crippen LogP contribution in [0.4, 0.5) is 11.8 Å². The van der Waals surface area contributed by atoms with Crippen LogP contribution in [0.5, 0.6) is 0 Å². The Hall–Kier alpha value is -8.15. The van der Waals surface area contributed by atoms with E-state index in [1.165, 1.54) is 18.3 Å².